The maximum Gasteiger partial charge on any atom is 0.179 e. The highest BCUT2D eigenvalue weighted by Crippen LogP contribution is 2.28. The summed E-state index contributed by atoms with van der Waals surface area (Å²) >= 11 is 11.8. The van der Waals surface area contributed by atoms with Crippen LogP contribution in [-0.4, -0.2) is 15.0 Å². The zero-order chi connectivity index (χ0) is 12.5. The molecule has 6 heteroatoms. The topological polar surface area (TPSA) is 53.6 Å². The molecular weight excluding hydrogens is 271 g/mol. The van der Waals surface area contributed by atoms with Crippen LogP contribution < -0.4 is 5.32 Å². The fourth-order valence-electron chi connectivity index (χ4n) is 1.68. The molecule has 0 aliphatic carbocycles. The van der Waals surface area contributed by atoms with Crippen molar-refractivity contribution in [2.24, 2.45) is 0 Å². The Morgan fingerprint density at radius 2 is 1.94 bits per heavy atom. The van der Waals surface area contributed by atoms with E-state index < -0.39 is 0 Å². The molecule has 0 bridgehead atoms. The fraction of sp³-hybridized carbons (Fsp3) is 0. The van der Waals surface area contributed by atoms with E-state index in [-0.39, 0.29) is 0 Å². The summed E-state index contributed by atoms with van der Waals surface area (Å²) in [5.41, 5.74) is 3.26. The molecule has 2 heterocycles. The molecule has 0 saturated heterocycles. The molecule has 0 aliphatic heterocycles. The number of halogens is 2. The van der Waals surface area contributed by atoms with Gasteiger partial charge in [-0.25, -0.2) is 9.97 Å². The van der Waals surface area contributed by atoms with Crippen molar-refractivity contribution in [3.8, 4) is 0 Å². The van der Waals surface area contributed by atoms with Gasteiger partial charge in [0.15, 0.2) is 5.65 Å². The predicted molar refractivity (Wildman–Crippen MR) is 73.6 cm³/mol. The Morgan fingerprint density at radius 1 is 1.06 bits per heavy atom. The second kappa shape index (κ2) is 4.48. The second-order valence-electron chi connectivity index (χ2n) is 3.71. The number of benzene rings is 1. The molecule has 90 valence electrons. The molecule has 0 aliphatic rings. The molecule has 3 aromatic rings. The maximum atomic E-state index is 5.97. The number of hydrogen-bond donors (Lipinski definition) is 2. The SMILES string of the molecule is Clc1ccc(Nc2ccnc3nc[nH]c23)cc1Cl. The van der Waals surface area contributed by atoms with Gasteiger partial charge in [0, 0.05) is 11.9 Å². The Labute approximate surface area is 113 Å². The average molecular weight is 279 g/mol. The lowest BCUT2D eigenvalue weighted by Gasteiger charge is -2.07. The fourth-order valence-corrected chi connectivity index (χ4v) is 1.98. The van der Waals surface area contributed by atoms with Crippen LogP contribution in [0.3, 0.4) is 0 Å². The van der Waals surface area contributed by atoms with Crippen molar-refractivity contribution in [2.75, 3.05) is 5.32 Å². The van der Waals surface area contributed by atoms with Crippen LogP contribution in [0.2, 0.25) is 10.0 Å². The van der Waals surface area contributed by atoms with Crippen molar-refractivity contribution < 1.29 is 0 Å². The molecule has 18 heavy (non-hydrogen) atoms. The summed E-state index contributed by atoms with van der Waals surface area (Å²) in [6.45, 7) is 0. The van der Waals surface area contributed by atoms with Crippen LogP contribution in [0.5, 0.6) is 0 Å². The van der Waals surface area contributed by atoms with E-state index in [4.69, 9.17) is 23.2 Å². The van der Waals surface area contributed by atoms with Gasteiger partial charge in [-0.3, -0.25) is 0 Å². The number of fused-ring (bicyclic) bond motifs is 1. The zero-order valence-electron chi connectivity index (χ0n) is 9.11. The highest BCUT2D eigenvalue weighted by molar-refractivity contribution is 6.42. The van der Waals surface area contributed by atoms with E-state index in [0.29, 0.717) is 15.7 Å². The molecule has 2 N–H and O–H groups in total. The summed E-state index contributed by atoms with van der Waals surface area (Å²) in [6.07, 6.45) is 3.31. The lowest BCUT2D eigenvalue weighted by Crippen LogP contribution is -1.92. The number of hydrogen-bond acceptors (Lipinski definition) is 3. The predicted octanol–water partition coefficient (Wildman–Crippen LogP) is 4.01. The third-order valence-corrected chi connectivity index (χ3v) is 3.26. The second-order valence-corrected chi connectivity index (χ2v) is 4.53. The third kappa shape index (κ3) is 2.00. The Hall–Kier alpha value is -1.78. The van der Waals surface area contributed by atoms with Crippen molar-refractivity contribution in [3.63, 3.8) is 0 Å². The van der Waals surface area contributed by atoms with Crippen LogP contribution in [0.25, 0.3) is 11.2 Å². The molecule has 0 fully saturated rings. The Bertz CT molecular complexity index is 708. The van der Waals surface area contributed by atoms with Crippen LogP contribution in [0.1, 0.15) is 0 Å². The smallest absolute Gasteiger partial charge is 0.179 e. The van der Waals surface area contributed by atoms with Gasteiger partial charge in [0.1, 0.15) is 5.52 Å². The summed E-state index contributed by atoms with van der Waals surface area (Å²) in [4.78, 5) is 11.3. The first-order valence-corrected chi connectivity index (χ1v) is 6.00. The van der Waals surface area contributed by atoms with Crippen LogP contribution in [-0.2, 0) is 0 Å². The number of imidazole rings is 1. The summed E-state index contributed by atoms with van der Waals surface area (Å²) in [6, 6.07) is 7.24. The molecule has 3 rings (SSSR count). The van der Waals surface area contributed by atoms with Crippen molar-refractivity contribution in [3.05, 3.63) is 46.8 Å². The van der Waals surface area contributed by atoms with Crippen LogP contribution in [0, 0.1) is 0 Å². The quantitative estimate of drug-likeness (QED) is 0.745. The van der Waals surface area contributed by atoms with E-state index in [0.717, 1.165) is 16.9 Å². The lowest BCUT2D eigenvalue weighted by atomic mass is 10.3. The molecular formula is C12H8Cl2N4. The molecule has 0 unspecified atom stereocenters. The van der Waals surface area contributed by atoms with E-state index in [1.54, 1.807) is 24.7 Å². The largest absolute Gasteiger partial charge is 0.354 e. The van der Waals surface area contributed by atoms with Gasteiger partial charge in [-0.05, 0) is 24.3 Å². The Balaban J connectivity index is 2.01. The van der Waals surface area contributed by atoms with Crippen molar-refractivity contribution in [1.82, 2.24) is 15.0 Å². The number of nitrogens with one attached hydrogen (secondary N) is 2. The maximum absolute atomic E-state index is 5.97. The van der Waals surface area contributed by atoms with Crippen LogP contribution >= 0.6 is 23.2 Å². The molecule has 0 atom stereocenters. The number of aromatic amines is 1. The molecule has 4 nitrogen and oxygen atoms in total. The van der Waals surface area contributed by atoms with Crippen LogP contribution in [0.4, 0.5) is 11.4 Å². The summed E-state index contributed by atoms with van der Waals surface area (Å²) in [5, 5.41) is 4.29. The van der Waals surface area contributed by atoms with Gasteiger partial charge < -0.3 is 10.3 Å². The standard InChI is InChI=1S/C12H8Cl2N4/c13-8-2-1-7(5-9(8)14)18-10-3-4-15-12-11(10)16-6-17-12/h1-6H,(H2,15,16,17,18). The number of anilines is 2. The normalized spacial score (nSPS) is 10.8. The summed E-state index contributed by atoms with van der Waals surface area (Å²) in [5.74, 6) is 0. The van der Waals surface area contributed by atoms with E-state index in [1.165, 1.54) is 0 Å². The van der Waals surface area contributed by atoms with E-state index >= 15 is 0 Å². The van der Waals surface area contributed by atoms with Gasteiger partial charge in [0.2, 0.25) is 0 Å². The van der Waals surface area contributed by atoms with Gasteiger partial charge in [-0.2, -0.15) is 0 Å². The summed E-state index contributed by atoms with van der Waals surface area (Å²) in [7, 11) is 0. The highest BCUT2D eigenvalue weighted by Gasteiger charge is 2.05. The minimum Gasteiger partial charge on any atom is -0.354 e. The number of H-pyrrole nitrogens is 1. The molecule has 0 amide bonds. The van der Waals surface area contributed by atoms with E-state index in [2.05, 4.69) is 20.3 Å². The van der Waals surface area contributed by atoms with E-state index in [1.807, 2.05) is 12.1 Å². The molecule has 2 aromatic heterocycles. The van der Waals surface area contributed by atoms with Crippen molar-refractivity contribution >= 4 is 45.7 Å². The summed E-state index contributed by atoms with van der Waals surface area (Å²) < 4.78 is 0. The van der Waals surface area contributed by atoms with Gasteiger partial charge in [-0.15, -0.1) is 0 Å². The average Bonchev–Trinajstić information content (AvgIpc) is 2.83. The van der Waals surface area contributed by atoms with Gasteiger partial charge in [0.25, 0.3) is 0 Å². The molecule has 1 aromatic carbocycles. The highest BCUT2D eigenvalue weighted by atomic mass is 35.5. The molecule has 0 saturated carbocycles. The number of pyridine rings is 1. The zero-order valence-corrected chi connectivity index (χ0v) is 10.6. The minimum absolute atomic E-state index is 0.511. The van der Waals surface area contributed by atoms with E-state index in [9.17, 15) is 0 Å². The third-order valence-electron chi connectivity index (χ3n) is 2.53. The number of aromatic nitrogens is 3. The van der Waals surface area contributed by atoms with Crippen LogP contribution in [0.15, 0.2) is 36.8 Å². The lowest BCUT2D eigenvalue weighted by molar-refractivity contribution is 1.30. The monoisotopic (exact) mass is 278 g/mol. The van der Waals surface area contributed by atoms with Crippen molar-refractivity contribution in [2.45, 2.75) is 0 Å². The number of nitrogens with zero attached hydrogens (tertiary/aromatic N) is 2. The first kappa shape index (κ1) is 11.3. The van der Waals surface area contributed by atoms with Gasteiger partial charge >= 0.3 is 0 Å². The minimum atomic E-state index is 0.511. The van der Waals surface area contributed by atoms with Crippen molar-refractivity contribution in [1.29, 1.82) is 0 Å². The first-order valence-electron chi connectivity index (χ1n) is 5.24. The van der Waals surface area contributed by atoms with Gasteiger partial charge in [-0.1, -0.05) is 23.2 Å². The molecule has 0 radical (unpaired) electrons. The molecule has 0 spiro atoms. The first-order chi connectivity index (χ1) is 8.74. The Kier molecular flexibility index (Phi) is 2.81. The number of rotatable bonds is 2. The Morgan fingerprint density at radius 3 is 2.78 bits per heavy atom. The van der Waals surface area contributed by atoms with Gasteiger partial charge in [0.05, 0.1) is 22.1 Å².